The van der Waals surface area contributed by atoms with Crippen LogP contribution in [0.5, 0.6) is 11.5 Å². The van der Waals surface area contributed by atoms with Crippen molar-refractivity contribution < 1.29 is 14.6 Å². The van der Waals surface area contributed by atoms with Crippen molar-refractivity contribution in [1.29, 1.82) is 0 Å². The third-order valence-electron chi connectivity index (χ3n) is 5.11. The first-order chi connectivity index (χ1) is 14.6. The molecule has 0 saturated carbocycles. The highest BCUT2D eigenvalue weighted by Crippen LogP contribution is 2.24. The molecule has 6 heteroatoms. The fraction of sp³-hybridized carbons (Fsp3) is 0.250. The second kappa shape index (κ2) is 9.13. The molecule has 1 amide bonds. The maximum absolute atomic E-state index is 12.7. The van der Waals surface area contributed by atoms with E-state index in [1.165, 1.54) is 22.5 Å². The third kappa shape index (κ3) is 5.07. The molecule has 0 saturated heterocycles. The van der Waals surface area contributed by atoms with E-state index in [9.17, 15) is 9.90 Å². The number of carbonyl (C=O) groups excluding carboxylic acids is 1. The van der Waals surface area contributed by atoms with Gasteiger partial charge in [-0.05, 0) is 48.7 Å². The van der Waals surface area contributed by atoms with Crippen LogP contribution in [0.4, 0.5) is 0 Å². The van der Waals surface area contributed by atoms with E-state index < -0.39 is 0 Å². The molecule has 0 atom stereocenters. The maximum Gasteiger partial charge on any atom is 0.228 e. The Bertz CT molecular complexity index is 1040. The summed E-state index contributed by atoms with van der Waals surface area (Å²) in [5, 5.41) is 12.2. The van der Waals surface area contributed by atoms with E-state index in [0.717, 1.165) is 28.4 Å². The van der Waals surface area contributed by atoms with Crippen LogP contribution in [0.3, 0.4) is 0 Å². The summed E-state index contributed by atoms with van der Waals surface area (Å²) in [7, 11) is 0. The third-order valence-corrected chi connectivity index (χ3v) is 5.99. The van der Waals surface area contributed by atoms with Crippen molar-refractivity contribution in [3.05, 3.63) is 81.8 Å². The van der Waals surface area contributed by atoms with Crippen molar-refractivity contribution in [1.82, 2.24) is 9.88 Å². The van der Waals surface area contributed by atoms with Crippen LogP contribution in [-0.2, 0) is 17.8 Å². The molecule has 4 rings (SSSR count). The van der Waals surface area contributed by atoms with Crippen molar-refractivity contribution in [2.45, 2.75) is 26.4 Å². The molecule has 0 spiro atoms. The molecular weight excluding hydrogens is 396 g/mol. The second-order valence-corrected chi connectivity index (χ2v) is 8.32. The van der Waals surface area contributed by atoms with Crippen LogP contribution >= 0.6 is 11.3 Å². The minimum Gasteiger partial charge on any atom is -0.508 e. The summed E-state index contributed by atoms with van der Waals surface area (Å²) >= 11 is 1.52. The number of aromatic nitrogens is 1. The molecule has 2 aromatic carbocycles. The predicted molar refractivity (Wildman–Crippen MR) is 119 cm³/mol. The number of aromatic hydroxyl groups is 1. The van der Waals surface area contributed by atoms with Gasteiger partial charge in [-0.1, -0.05) is 35.9 Å². The zero-order chi connectivity index (χ0) is 20.9. The monoisotopic (exact) mass is 420 g/mol. The van der Waals surface area contributed by atoms with Crippen molar-refractivity contribution >= 4 is 22.8 Å². The highest BCUT2D eigenvalue weighted by molar-refractivity contribution is 7.09. The first-order valence-electron chi connectivity index (χ1n) is 9.96. The van der Waals surface area contributed by atoms with Gasteiger partial charge in [0.1, 0.15) is 23.1 Å². The Morgan fingerprint density at radius 3 is 2.63 bits per heavy atom. The minimum absolute atomic E-state index is 0.0901. The van der Waals surface area contributed by atoms with Crippen molar-refractivity contribution in [2.75, 3.05) is 13.1 Å². The van der Waals surface area contributed by atoms with Gasteiger partial charge in [-0.15, -0.1) is 11.3 Å². The summed E-state index contributed by atoms with van der Waals surface area (Å²) in [5.74, 6) is 1.17. The summed E-state index contributed by atoms with van der Waals surface area (Å²) in [6.45, 7) is 3.74. The Hall–Kier alpha value is -3.12. The molecule has 3 aromatic rings. The number of hydrogen-bond acceptors (Lipinski definition) is 5. The van der Waals surface area contributed by atoms with Crippen LogP contribution < -0.4 is 4.74 Å². The Balaban J connectivity index is 1.29. The second-order valence-electron chi connectivity index (χ2n) is 7.38. The fourth-order valence-corrected chi connectivity index (χ4v) is 4.08. The molecule has 30 heavy (non-hydrogen) atoms. The molecule has 0 bridgehead atoms. The number of rotatable bonds is 6. The number of hydrogen-bond donors (Lipinski definition) is 1. The van der Waals surface area contributed by atoms with Crippen LogP contribution in [0.15, 0.2) is 60.0 Å². The molecule has 1 aliphatic rings. The SMILES string of the molecule is Cc1ccc(OCc2nc(CC(=O)N3CC=C(c4ccc(O)cc4)CC3)cs2)cc1. The van der Waals surface area contributed by atoms with Gasteiger partial charge in [-0.2, -0.15) is 0 Å². The van der Waals surface area contributed by atoms with Gasteiger partial charge in [-0.3, -0.25) is 4.79 Å². The van der Waals surface area contributed by atoms with Gasteiger partial charge >= 0.3 is 0 Å². The summed E-state index contributed by atoms with van der Waals surface area (Å²) < 4.78 is 5.77. The highest BCUT2D eigenvalue weighted by atomic mass is 32.1. The van der Waals surface area contributed by atoms with Gasteiger partial charge in [0, 0.05) is 18.5 Å². The lowest BCUT2D eigenvalue weighted by atomic mass is 9.99. The molecule has 0 fully saturated rings. The van der Waals surface area contributed by atoms with Gasteiger partial charge < -0.3 is 14.7 Å². The standard InChI is InChI=1S/C24H24N2O3S/c1-17-2-8-22(9-3-17)29-15-23-25-20(16-30-23)14-24(28)26-12-10-19(11-13-26)18-4-6-21(27)7-5-18/h2-10,16,27H,11-15H2,1H3. The van der Waals surface area contributed by atoms with E-state index in [1.54, 1.807) is 12.1 Å². The summed E-state index contributed by atoms with van der Waals surface area (Å²) in [4.78, 5) is 19.1. The zero-order valence-electron chi connectivity index (χ0n) is 16.9. The van der Waals surface area contributed by atoms with E-state index in [1.807, 2.05) is 53.6 Å². The molecule has 1 N–H and O–H groups in total. The van der Waals surface area contributed by atoms with Gasteiger partial charge in [0.15, 0.2) is 0 Å². The number of ether oxygens (including phenoxy) is 1. The zero-order valence-corrected chi connectivity index (χ0v) is 17.7. The van der Waals surface area contributed by atoms with Crippen LogP contribution in [0.1, 0.15) is 28.2 Å². The van der Waals surface area contributed by atoms with Gasteiger partial charge in [0.2, 0.25) is 5.91 Å². The molecule has 1 aromatic heterocycles. The number of nitrogens with zero attached hydrogens (tertiary/aromatic N) is 2. The Morgan fingerprint density at radius 1 is 1.17 bits per heavy atom. The Morgan fingerprint density at radius 2 is 1.93 bits per heavy atom. The number of carbonyl (C=O) groups is 1. The first kappa shape index (κ1) is 20.2. The minimum atomic E-state index is 0.0901. The molecule has 154 valence electrons. The van der Waals surface area contributed by atoms with Crippen LogP contribution in [0, 0.1) is 6.92 Å². The van der Waals surface area contributed by atoms with E-state index in [-0.39, 0.29) is 11.7 Å². The summed E-state index contributed by atoms with van der Waals surface area (Å²) in [6, 6.07) is 15.1. The number of benzene rings is 2. The molecule has 2 heterocycles. The normalized spacial score (nSPS) is 13.8. The number of thiazole rings is 1. The van der Waals surface area contributed by atoms with E-state index >= 15 is 0 Å². The van der Waals surface area contributed by atoms with Crippen molar-refractivity contribution in [2.24, 2.45) is 0 Å². The van der Waals surface area contributed by atoms with Crippen molar-refractivity contribution in [3.63, 3.8) is 0 Å². The lowest BCUT2D eigenvalue weighted by Crippen LogP contribution is -2.35. The highest BCUT2D eigenvalue weighted by Gasteiger charge is 2.19. The largest absolute Gasteiger partial charge is 0.508 e. The van der Waals surface area contributed by atoms with Crippen LogP contribution in [-0.4, -0.2) is 34.0 Å². The van der Waals surface area contributed by atoms with Crippen LogP contribution in [0.2, 0.25) is 0 Å². The Kier molecular flexibility index (Phi) is 6.14. The smallest absolute Gasteiger partial charge is 0.228 e. The quantitative estimate of drug-likeness (QED) is 0.633. The molecular formula is C24H24N2O3S. The number of phenols is 1. The molecule has 0 unspecified atom stereocenters. The molecule has 5 nitrogen and oxygen atoms in total. The number of phenolic OH excluding ortho intramolecular Hbond substituents is 1. The lowest BCUT2D eigenvalue weighted by molar-refractivity contribution is -0.130. The summed E-state index contributed by atoms with van der Waals surface area (Å²) in [5.41, 5.74) is 4.29. The lowest BCUT2D eigenvalue weighted by Gasteiger charge is -2.26. The molecule has 0 radical (unpaired) electrons. The first-order valence-corrected chi connectivity index (χ1v) is 10.8. The Labute approximate surface area is 180 Å². The van der Waals surface area contributed by atoms with E-state index in [4.69, 9.17) is 4.74 Å². The predicted octanol–water partition coefficient (Wildman–Crippen LogP) is 4.59. The summed E-state index contributed by atoms with van der Waals surface area (Å²) in [6.07, 6.45) is 3.21. The van der Waals surface area contributed by atoms with Gasteiger partial charge in [-0.25, -0.2) is 4.98 Å². The maximum atomic E-state index is 12.7. The molecule has 0 aliphatic carbocycles. The average molecular weight is 421 g/mol. The fourth-order valence-electron chi connectivity index (χ4n) is 3.38. The van der Waals surface area contributed by atoms with Gasteiger partial charge in [0.25, 0.3) is 0 Å². The number of amides is 1. The van der Waals surface area contributed by atoms with E-state index in [0.29, 0.717) is 26.1 Å². The number of aryl methyl sites for hydroxylation is 1. The average Bonchev–Trinajstić information content (AvgIpc) is 3.21. The molecule has 1 aliphatic heterocycles. The topological polar surface area (TPSA) is 62.7 Å². The van der Waals surface area contributed by atoms with Gasteiger partial charge in [0.05, 0.1) is 12.1 Å². The van der Waals surface area contributed by atoms with Crippen LogP contribution in [0.25, 0.3) is 5.57 Å². The van der Waals surface area contributed by atoms with Crippen molar-refractivity contribution in [3.8, 4) is 11.5 Å². The van der Waals surface area contributed by atoms with E-state index in [2.05, 4.69) is 11.1 Å².